The highest BCUT2D eigenvalue weighted by molar-refractivity contribution is 5.94. The van der Waals surface area contributed by atoms with Gasteiger partial charge in [-0.15, -0.1) is 0 Å². The molecule has 1 heterocycles. The van der Waals surface area contributed by atoms with Gasteiger partial charge in [-0.25, -0.2) is 9.78 Å². The summed E-state index contributed by atoms with van der Waals surface area (Å²) in [6.45, 7) is 1.90. The minimum atomic E-state index is -0.427. The van der Waals surface area contributed by atoms with Crippen molar-refractivity contribution in [3.05, 3.63) is 23.9 Å². The normalized spacial score (nSPS) is 11.4. The summed E-state index contributed by atoms with van der Waals surface area (Å²) >= 11 is 0. The van der Waals surface area contributed by atoms with Gasteiger partial charge in [-0.2, -0.15) is 5.26 Å². The molecule has 1 rings (SSSR count). The van der Waals surface area contributed by atoms with Crippen LogP contribution in [0.15, 0.2) is 18.3 Å². The molecule has 1 aromatic rings. The summed E-state index contributed by atoms with van der Waals surface area (Å²) in [6, 6.07) is 5.42. The lowest BCUT2D eigenvalue weighted by atomic mass is 10.2. The van der Waals surface area contributed by atoms with Gasteiger partial charge in [0.1, 0.15) is 11.4 Å². The number of hydrogen-bond donors (Lipinski definition) is 0. The zero-order valence-corrected chi connectivity index (χ0v) is 10.2. The van der Waals surface area contributed by atoms with Crippen LogP contribution >= 0.6 is 0 Å². The Hall–Kier alpha value is -2.09. The van der Waals surface area contributed by atoms with Crippen molar-refractivity contribution < 1.29 is 9.53 Å². The van der Waals surface area contributed by atoms with Crippen LogP contribution in [-0.2, 0) is 4.74 Å². The minimum absolute atomic E-state index is 0.0155. The summed E-state index contributed by atoms with van der Waals surface area (Å²) in [5.74, 6) is 0.103. The van der Waals surface area contributed by atoms with Crippen molar-refractivity contribution in [2.75, 3.05) is 19.1 Å². The summed E-state index contributed by atoms with van der Waals surface area (Å²) in [7, 11) is 3.13. The van der Waals surface area contributed by atoms with Crippen molar-refractivity contribution >= 4 is 11.8 Å². The van der Waals surface area contributed by atoms with Crippen LogP contribution in [0.1, 0.15) is 23.7 Å². The van der Waals surface area contributed by atoms with Gasteiger partial charge in [0.05, 0.1) is 19.6 Å². The van der Waals surface area contributed by atoms with E-state index in [9.17, 15) is 4.79 Å². The molecule has 0 fully saturated rings. The van der Waals surface area contributed by atoms with Crippen LogP contribution in [0.2, 0.25) is 0 Å². The van der Waals surface area contributed by atoms with E-state index >= 15 is 0 Å². The van der Waals surface area contributed by atoms with Gasteiger partial charge in [-0.05, 0) is 19.1 Å². The summed E-state index contributed by atoms with van der Waals surface area (Å²) < 4.78 is 4.70. The quantitative estimate of drug-likeness (QED) is 0.739. The number of nitrogens with zero attached hydrogens (tertiary/aromatic N) is 3. The van der Waals surface area contributed by atoms with Gasteiger partial charge in [0, 0.05) is 19.3 Å². The number of pyridine rings is 1. The number of carbonyl (C=O) groups excluding carboxylic acids is 1. The highest BCUT2D eigenvalue weighted by atomic mass is 16.5. The number of hydrogen-bond acceptors (Lipinski definition) is 5. The van der Waals surface area contributed by atoms with Crippen molar-refractivity contribution in [3.63, 3.8) is 0 Å². The van der Waals surface area contributed by atoms with Crippen molar-refractivity contribution in [2.24, 2.45) is 0 Å². The molecule has 5 heteroatoms. The number of methoxy groups -OCH3 is 1. The predicted octanol–water partition coefficient (Wildman–Crippen LogP) is 1.61. The van der Waals surface area contributed by atoms with Crippen LogP contribution in [0.5, 0.6) is 0 Å². The van der Waals surface area contributed by atoms with Crippen LogP contribution in [0.3, 0.4) is 0 Å². The topological polar surface area (TPSA) is 66.2 Å². The average molecular weight is 233 g/mol. The number of aromatic nitrogens is 1. The van der Waals surface area contributed by atoms with Crippen molar-refractivity contribution in [1.82, 2.24) is 4.98 Å². The summed E-state index contributed by atoms with van der Waals surface area (Å²) in [4.78, 5) is 17.5. The molecule has 1 atom stereocenters. The maximum Gasteiger partial charge on any atom is 0.341 e. The number of nitriles is 1. The fraction of sp³-hybridized carbons (Fsp3) is 0.417. The Labute approximate surface area is 101 Å². The number of rotatable bonds is 4. The zero-order chi connectivity index (χ0) is 12.8. The predicted molar refractivity (Wildman–Crippen MR) is 63.7 cm³/mol. The van der Waals surface area contributed by atoms with E-state index in [1.807, 2.05) is 6.92 Å². The van der Waals surface area contributed by atoms with E-state index in [1.165, 1.54) is 7.11 Å². The van der Waals surface area contributed by atoms with Gasteiger partial charge >= 0.3 is 5.97 Å². The zero-order valence-electron chi connectivity index (χ0n) is 10.2. The van der Waals surface area contributed by atoms with Crippen LogP contribution < -0.4 is 4.90 Å². The largest absolute Gasteiger partial charge is 0.465 e. The Kier molecular flexibility index (Phi) is 4.46. The summed E-state index contributed by atoms with van der Waals surface area (Å²) in [5, 5.41) is 8.67. The average Bonchev–Trinajstić information content (AvgIpc) is 2.37. The van der Waals surface area contributed by atoms with Crippen LogP contribution in [-0.4, -0.2) is 31.2 Å². The van der Waals surface area contributed by atoms with E-state index in [-0.39, 0.29) is 6.04 Å². The molecule has 0 bridgehead atoms. The monoisotopic (exact) mass is 233 g/mol. The van der Waals surface area contributed by atoms with Crippen LogP contribution in [0, 0.1) is 11.3 Å². The molecular weight excluding hydrogens is 218 g/mol. The smallest absolute Gasteiger partial charge is 0.341 e. The Bertz CT molecular complexity index is 440. The molecule has 17 heavy (non-hydrogen) atoms. The third-order valence-electron chi connectivity index (χ3n) is 2.57. The summed E-state index contributed by atoms with van der Waals surface area (Å²) in [6.07, 6.45) is 1.98. The molecule has 0 aliphatic heterocycles. The van der Waals surface area contributed by atoms with E-state index in [1.54, 1.807) is 30.3 Å². The maximum absolute atomic E-state index is 11.6. The molecule has 0 amide bonds. The van der Waals surface area contributed by atoms with Gasteiger partial charge in [0.15, 0.2) is 0 Å². The SMILES string of the molecule is COC(=O)c1cccnc1N(C)C(C)CC#N. The molecule has 0 aliphatic carbocycles. The Morgan fingerprint density at radius 2 is 2.41 bits per heavy atom. The van der Waals surface area contributed by atoms with E-state index in [2.05, 4.69) is 11.1 Å². The molecular formula is C12H15N3O2. The van der Waals surface area contributed by atoms with Gasteiger partial charge in [0.25, 0.3) is 0 Å². The second kappa shape index (κ2) is 5.85. The molecule has 0 saturated heterocycles. The van der Waals surface area contributed by atoms with E-state index in [4.69, 9.17) is 10.00 Å². The molecule has 1 unspecified atom stereocenters. The van der Waals surface area contributed by atoms with Crippen molar-refractivity contribution in [1.29, 1.82) is 5.26 Å². The van der Waals surface area contributed by atoms with Crippen molar-refractivity contribution in [2.45, 2.75) is 19.4 Å². The standard InChI is InChI=1S/C12H15N3O2/c1-9(6-7-13)15(2)11-10(12(16)17-3)5-4-8-14-11/h4-5,8-9H,6H2,1-3H3. The Morgan fingerprint density at radius 3 is 3.00 bits per heavy atom. The number of carbonyl (C=O) groups is 1. The van der Waals surface area contributed by atoms with E-state index < -0.39 is 5.97 Å². The molecule has 1 aromatic heterocycles. The van der Waals surface area contributed by atoms with E-state index in [0.717, 1.165) is 0 Å². The molecule has 0 aliphatic rings. The third-order valence-corrected chi connectivity index (χ3v) is 2.57. The first-order valence-electron chi connectivity index (χ1n) is 5.25. The highest BCUT2D eigenvalue weighted by Gasteiger charge is 2.19. The first-order chi connectivity index (χ1) is 8.11. The lowest BCUT2D eigenvalue weighted by molar-refractivity contribution is 0.0601. The van der Waals surface area contributed by atoms with Crippen LogP contribution in [0.4, 0.5) is 5.82 Å². The fourth-order valence-corrected chi connectivity index (χ4v) is 1.43. The first kappa shape index (κ1) is 13.0. The van der Waals surface area contributed by atoms with Gasteiger partial charge < -0.3 is 9.64 Å². The lowest BCUT2D eigenvalue weighted by Gasteiger charge is -2.25. The van der Waals surface area contributed by atoms with Crippen LogP contribution in [0.25, 0.3) is 0 Å². The first-order valence-corrected chi connectivity index (χ1v) is 5.25. The number of esters is 1. The Morgan fingerprint density at radius 1 is 1.71 bits per heavy atom. The minimum Gasteiger partial charge on any atom is -0.465 e. The van der Waals surface area contributed by atoms with Gasteiger partial charge in [0.2, 0.25) is 0 Å². The highest BCUT2D eigenvalue weighted by Crippen LogP contribution is 2.19. The molecule has 0 spiro atoms. The Balaban J connectivity index is 3.05. The molecule has 5 nitrogen and oxygen atoms in total. The molecule has 0 aromatic carbocycles. The van der Waals surface area contributed by atoms with E-state index in [0.29, 0.717) is 17.8 Å². The van der Waals surface area contributed by atoms with Gasteiger partial charge in [-0.1, -0.05) is 0 Å². The number of anilines is 1. The molecule has 0 radical (unpaired) electrons. The second-order valence-corrected chi connectivity index (χ2v) is 3.69. The van der Waals surface area contributed by atoms with Gasteiger partial charge in [-0.3, -0.25) is 0 Å². The molecule has 0 saturated carbocycles. The number of ether oxygens (including phenoxy) is 1. The summed E-state index contributed by atoms with van der Waals surface area (Å²) in [5.41, 5.74) is 0.405. The fourth-order valence-electron chi connectivity index (χ4n) is 1.43. The third kappa shape index (κ3) is 2.94. The molecule has 0 N–H and O–H groups in total. The molecule has 90 valence electrons. The maximum atomic E-state index is 11.6. The lowest BCUT2D eigenvalue weighted by Crippen LogP contribution is -2.30. The second-order valence-electron chi connectivity index (χ2n) is 3.69. The van der Waals surface area contributed by atoms with Crippen molar-refractivity contribution in [3.8, 4) is 6.07 Å².